The van der Waals surface area contributed by atoms with Crippen LogP contribution in [0.3, 0.4) is 0 Å². The Morgan fingerprint density at radius 2 is 2.25 bits per heavy atom. The van der Waals surface area contributed by atoms with Gasteiger partial charge in [0.25, 0.3) is 5.91 Å². The summed E-state index contributed by atoms with van der Waals surface area (Å²) in [7, 11) is 0. The molecule has 4 rings (SSSR count). The summed E-state index contributed by atoms with van der Waals surface area (Å²) in [4.78, 5) is 29.9. The van der Waals surface area contributed by atoms with Crippen molar-refractivity contribution in [1.82, 2.24) is 15.5 Å². The number of carbonyl (C=O) groups excluding carboxylic acids is 2. The maximum absolute atomic E-state index is 12.2. The summed E-state index contributed by atoms with van der Waals surface area (Å²) in [6.45, 7) is 1.05. The zero-order chi connectivity index (χ0) is 16.5. The van der Waals surface area contributed by atoms with Crippen LogP contribution in [0.5, 0.6) is 0 Å². The summed E-state index contributed by atoms with van der Waals surface area (Å²) in [6, 6.07) is 5.37. The van der Waals surface area contributed by atoms with E-state index < -0.39 is 0 Å². The number of hydrogen-bond donors (Lipinski definition) is 1. The van der Waals surface area contributed by atoms with Crippen molar-refractivity contribution >= 4 is 17.6 Å². The molecule has 3 heterocycles. The molecule has 1 aliphatic heterocycles. The zero-order valence-electron chi connectivity index (χ0n) is 13.2. The maximum Gasteiger partial charge on any atom is 0.273 e. The minimum Gasteiger partial charge on any atom is -0.360 e. The van der Waals surface area contributed by atoms with Gasteiger partial charge in [-0.05, 0) is 37.0 Å². The smallest absolute Gasteiger partial charge is 0.273 e. The molecule has 2 amide bonds. The first-order chi connectivity index (χ1) is 11.7. The lowest BCUT2D eigenvalue weighted by Crippen LogP contribution is -2.26. The highest BCUT2D eigenvalue weighted by molar-refractivity contribution is 5.94. The number of amides is 2. The number of rotatable bonds is 5. The third-order valence-electron chi connectivity index (χ3n) is 4.35. The van der Waals surface area contributed by atoms with Crippen LogP contribution in [0.15, 0.2) is 28.9 Å². The monoisotopic (exact) mass is 326 g/mol. The third-order valence-corrected chi connectivity index (χ3v) is 4.35. The minimum absolute atomic E-state index is 0.0962. The van der Waals surface area contributed by atoms with Gasteiger partial charge in [0.1, 0.15) is 11.6 Å². The van der Waals surface area contributed by atoms with Gasteiger partial charge in [0.15, 0.2) is 5.69 Å². The lowest BCUT2D eigenvalue weighted by Gasteiger charge is -2.15. The molecule has 0 atom stereocenters. The van der Waals surface area contributed by atoms with E-state index in [2.05, 4.69) is 15.5 Å². The van der Waals surface area contributed by atoms with Gasteiger partial charge in [0.05, 0.1) is 0 Å². The van der Waals surface area contributed by atoms with Gasteiger partial charge in [-0.3, -0.25) is 14.5 Å². The SMILES string of the molecule is O=C(NCc1ccnc(N2CCCC2=O)c1)c1cc(C2CC2)on1. The quantitative estimate of drug-likeness (QED) is 0.908. The molecule has 0 spiro atoms. The van der Waals surface area contributed by atoms with Crippen LogP contribution in [0.2, 0.25) is 0 Å². The largest absolute Gasteiger partial charge is 0.360 e. The highest BCUT2D eigenvalue weighted by Gasteiger charge is 2.29. The molecule has 1 saturated carbocycles. The lowest BCUT2D eigenvalue weighted by molar-refractivity contribution is -0.117. The van der Waals surface area contributed by atoms with Crippen molar-refractivity contribution in [3.05, 3.63) is 41.4 Å². The standard InChI is InChI=1S/C17H18N4O3/c22-16-2-1-7-21(16)15-8-11(5-6-18-15)10-19-17(23)13-9-14(24-20-13)12-3-4-12/h5-6,8-9,12H,1-4,7,10H2,(H,19,23). The van der Waals surface area contributed by atoms with Crippen LogP contribution in [0.4, 0.5) is 5.82 Å². The Morgan fingerprint density at radius 1 is 1.38 bits per heavy atom. The van der Waals surface area contributed by atoms with Crippen LogP contribution >= 0.6 is 0 Å². The first-order valence-electron chi connectivity index (χ1n) is 8.21. The summed E-state index contributed by atoms with van der Waals surface area (Å²) in [5.41, 5.74) is 1.19. The second kappa shape index (κ2) is 6.07. The first kappa shape index (κ1) is 14.9. The number of pyridine rings is 1. The molecule has 0 radical (unpaired) electrons. The Bertz CT molecular complexity index is 782. The fraction of sp³-hybridized carbons (Fsp3) is 0.412. The maximum atomic E-state index is 12.2. The van der Waals surface area contributed by atoms with E-state index in [4.69, 9.17) is 4.52 Å². The van der Waals surface area contributed by atoms with E-state index in [9.17, 15) is 9.59 Å². The molecule has 24 heavy (non-hydrogen) atoms. The van der Waals surface area contributed by atoms with Crippen molar-refractivity contribution in [2.75, 3.05) is 11.4 Å². The summed E-state index contributed by atoms with van der Waals surface area (Å²) in [6.07, 6.45) is 5.29. The fourth-order valence-corrected chi connectivity index (χ4v) is 2.84. The molecule has 2 aromatic heterocycles. The number of nitrogens with one attached hydrogen (secondary N) is 1. The molecule has 0 bridgehead atoms. The molecule has 2 fully saturated rings. The number of carbonyl (C=O) groups is 2. The van der Waals surface area contributed by atoms with Crippen LogP contribution in [-0.2, 0) is 11.3 Å². The number of anilines is 1. The second-order valence-electron chi connectivity index (χ2n) is 6.24. The average molecular weight is 326 g/mol. The van der Waals surface area contributed by atoms with Gasteiger partial charge in [0.2, 0.25) is 5.91 Å². The van der Waals surface area contributed by atoms with Crippen molar-refractivity contribution in [2.45, 2.75) is 38.1 Å². The molecule has 7 heteroatoms. The van der Waals surface area contributed by atoms with E-state index in [1.807, 2.05) is 12.1 Å². The van der Waals surface area contributed by atoms with E-state index >= 15 is 0 Å². The molecule has 7 nitrogen and oxygen atoms in total. The molecule has 1 aliphatic carbocycles. The van der Waals surface area contributed by atoms with Gasteiger partial charge < -0.3 is 9.84 Å². The van der Waals surface area contributed by atoms with E-state index in [1.54, 1.807) is 17.2 Å². The number of hydrogen-bond acceptors (Lipinski definition) is 5. The van der Waals surface area contributed by atoms with Crippen LogP contribution in [0, 0.1) is 0 Å². The molecule has 1 N–H and O–H groups in total. The normalized spacial score (nSPS) is 17.3. The topological polar surface area (TPSA) is 88.3 Å². The second-order valence-corrected chi connectivity index (χ2v) is 6.24. The van der Waals surface area contributed by atoms with Crippen molar-refractivity contribution < 1.29 is 14.1 Å². The van der Waals surface area contributed by atoms with Gasteiger partial charge in [-0.2, -0.15) is 0 Å². The van der Waals surface area contributed by atoms with E-state index in [0.29, 0.717) is 36.9 Å². The molecule has 124 valence electrons. The predicted molar refractivity (Wildman–Crippen MR) is 85.5 cm³/mol. The Kier molecular flexibility index (Phi) is 3.76. The van der Waals surface area contributed by atoms with Gasteiger partial charge in [-0.25, -0.2) is 4.98 Å². The van der Waals surface area contributed by atoms with Crippen molar-refractivity contribution in [3.8, 4) is 0 Å². The first-order valence-corrected chi connectivity index (χ1v) is 8.21. The van der Waals surface area contributed by atoms with Crippen LogP contribution in [-0.4, -0.2) is 28.5 Å². The van der Waals surface area contributed by atoms with E-state index in [-0.39, 0.29) is 11.8 Å². The van der Waals surface area contributed by atoms with Gasteiger partial charge >= 0.3 is 0 Å². The molecule has 0 unspecified atom stereocenters. The predicted octanol–water partition coefficient (Wildman–Crippen LogP) is 2.00. The van der Waals surface area contributed by atoms with Crippen molar-refractivity contribution in [1.29, 1.82) is 0 Å². The van der Waals surface area contributed by atoms with E-state index in [1.165, 1.54) is 0 Å². The minimum atomic E-state index is -0.263. The number of aromatic nitrogens is 2. The Morgan fingerprint density at radius 3 is 3.00 bits per heavy atom. The highest BCUT2D eigenvalue weighted by Crippen LogP contribution is 2.40. The lowest BCUT2D eigenvalue weighted by atomic mass is 10.2. The Hall–Kier alpha value is -2.70. The van der Waals surface area contributed by atoms with Crippen molar-refractivity contribution in [3.63, 3.8) is 0 Å². The van der Waals surface area contributed by atoms with Gasteiger partial charge in [-0.1, -0.05) is 5.16 Å². The molecule has 2 aliphatic rings. The molecular formula is C17H18N4O3. The molecule has 0 aromatic carbocycles. The third kappa shape index (κ3) is 3.02. The zero-order valence-corrected chi connectivity index (χ0v) is 13.2. The van der Waals surface area contributed by atoms with Crippen LogP contribution in [0.1, 0.15) is 53.4 Å². The molecule has 2 aromatic rings. The van der Waals surface area contributed by atoms with Gasteiger partial charge in [0, 0.05) is 37.7 Å². The van der Waals surface area contributed by atoms with Crippen molar-refractivity contribution in [2.24, 2.45) is 0 Å². The summed E-state index contributed by atoms with van der Waals surface area (Å²) in [5.74, 6) is 1.69. The Labute approximate surface area is 139 Å². The number of nitrogens with zero attached hydrogens (tertiary/aromatic N) is 3. The average Bonchev–Trinajstić information content (AvgIpc) is 3.16. The summed E-state index contributed by atoms with van der Waals surface area (Å²) < 4.78 is 5.20. The van der Waals surface area contributed by atoms with Crippen LogP contribution in [0.25, 0.3) is 0 Å². The molecular weight excluding hydrogens is 308 g/mol. The van der Waals surface area contributed by atoms with E-state index in [0.717, 1.165) is 30.6 Å². The van der Waals surface area contributed by atoms with Gasteiger partial charge in [-0.15, -0.1) is 0 Å². The fourth-order valence-electron chi connectivity index (χ4n) is 2.84. The van der Waals surface area contributed by atoms with Crippen LogP contribution < -0.4 is 10.2 Å². The summed E-state index contributed by atoms with van der Waals surface area (Å²) >= 11 is 0. The highest BCUT2D eigenvalue weighted by atomic mass is 16.5. The Balaban J connectivity index is 1.39. The molecule has 1 saturated heterocycles. The summed E-state index contributed by atoms with van der Waals surface area (Å²) in [5, 5.41) is 6.65.